The molecule has 0 aliphatic carbocycles. The zero-order valence-electron chi connectivity index (χ0n) is 13.7. The van der Waals surface area contributed by atoms with E-state index in [4.69, 9.17) is 5.73 Å². The van der Waals surface area contributed by atoms with Crippen molar-refractivity contribution in [3.05, 3.63) is 60.6 Å². The third kappa shape index (κ3) is 2.39. The Labute approximate surface area is 139 Å². The Morgan fingerprint density at radius 2 is 1.71 bits per heavy atom. The summed E-state index contributed by atoms with van der Waals surface area (Å²) in [6.07, 6.45) is 5.60. The molecule has 2 aromatic heterocycles. The fraction of sp³-hybridized carbons (Fsp3) is 0.158. The van der Waals surface area contributed by atoms with Gasteiger partial charge in [0.2, 0.25) is 0 Å². The monoisotopic (exact) mass is 317 g/mol. The minimum absolute atomic E-state index is 0.347. The molecule has 0 bridgehead atoms. The molecule has 24 heavy (non-hydrogen) atoms. The lowest BCUT2D eigenvalue weighted by Gasteiger charge is -2.19. The predicted molar refractivity (Wildman–Crippen MR) is 96.3 cm³/mol. The van der Waals surface area contributed by atoms with Gasteiger partial charge in [0.15, 0.2) is 0 Å². The zero-order chi connectivity index (χ0) is 16.7. The SMILES string of the molecule is CC(C)(N)c1ccc(-c2ccc3[nH]ncc3c2-c2cn[nH]c2)cc1. The number of fused-ring (bicyclic) bond motifs is 1. The standard InChI is InChI=1S/C19H19N5/c1-19(2,20)14-5-3-12(4-6-14)15-7-8-17-16(11-23-24-17)18(15)13-9-21-22-10-13/h3-11H,20H2,1-2H3,(H,21,22)(H,23,24). The Balaban J connectivity index is 1.92. The molecule has 4 N–H and O–H groups in total. The van der Waals surface area contributed by atoms with E-state index in [1.807, 2.05) is 32.4 Å². The summed E-state index contributed by atoms with van der Waals surface area (Å²) in [5, 5.41) is 15.3. The number of nitrogens with one attached hydrogen (secondary N) is 2. The van der Waals surface area contributed by atoms with E-state index in [2.05, 4.69) is 56.8 Å². The van der Waals surface area contributed by atoms with Crippen molar-refractivity contribution < 1.29 is 0 Å². The van der Waals surface area contributed by atoms with Crippen LogP contribution in [0.4, 0.5) is 0 Å². The average Bonchev–Trinajstić information content (AvgIpc) is 3.24. The number of aromatic nitrogens is 4. The third-order valence-corrected chi connectivity index (χ3v) is 4.35. The number of nitrogens with zero attached hydrogens (tertiary/aromatic N) is 2. The molecule has 0 atom stereocenters. The highest BCUT2D eigenvalue weighted by molar-refractivity contribution is 6.02. The lowest BCUT2D eigenvalue weighted by Crippen LogP contribution is -2.28. The molecule has 0 saturated carbocycles. The van der Waals surface area contributed by atoms with Crippen molar-refractivity contribution in [1.82, 2.24) is 20.4 Å². The Hall–Kier alpha value is -2.92. The van der Waals surface area contributed by atoms with E-state index < -0.39 is 0 Å². The van der Waals surface area contributed by atoms with E-state index in [1.54, 1.807) is 0 Å². The maximum atomic E-state index is 6.19. The molecule has 0 fully saturated rings. The minimum atomic E-state index is -0.347. The largest absolute Gasteiger partial charge is 0.322 e. The van der Waals surface area contributed by atoms with Gasteiger partial charge in [-0.2, -0.15) is 10.2 Å². The van der Waals surface area contributed by atoms with Crippen molar-refractivity contribution in [2.45, 2.75) is 19.4 Å². The van der Waals surface area contributed by atoms with Crippen molar-refractivity contribution in [2.75, 3.05) is 0 Å². The fourth-order valence-corrected chi connectivity index (χ4v) is 3.04. The van der Waals surface area contributed by atoms with Crippen LogP contribution in [0.5, 0.6) is 0 Å². The number of rotatable bonds is 3. The first kappa shape index (κ1) is 14.7. The molecule has 4 aromatic rings. The molecule has 0 aliphatic rings. The highest BCUT2D eigenvalue weighted by Crippen LogP contribution is 2.37. The number of benzene rings is 2. The van der Waals surface area contributed by atoms with Gasteiger partial charge in [0.05, 0.1) is 17.9 Å². The van der Waals surface area contributed by atoms with Crippen LogP contribution in [-0.4, -0.2) is 20.4 Å². The van der Waals surface area contributed by atoms with Crippen LogP contribution >= 0.6 is 0 Å². The Morgan fingerprint density at radius 1 is 0.917 bits per heavy atom. The zero-order valence-corrected chi connectivity index (χ0v) is 13.7. The van der Waals surface area contributed by atoms with Gasteiger partial charge in [-0.25, -0.2) is 0 Å². The number of H-pyrrole nitrogens is 2. The van der Waals surface area contributed by atoms with E-state index in [9.17, 15) is 0 Å². The van der Waals surface area contributed by atoms with Crippen LogP contribution in [0.1, 0.15) is 19.4 Å². The molecule has 2 heterocycles. The second-order valence-electron chi connectivity index (χ2n) is 6.61. The van der Waals surface area contributed by atoms with E-state index in [0.29, 0.717) is 0 Å². The summed E-state index contributed by atoms with van der Waals surface area (Å²) in [6, 6.07) is 12.6. The molecule has 0 unspecified atom stereocenters. The lowest BCUT2D eigenvalue weighted by atomic mass is 9.90. The first-order valence-corrected chi connectivity index (χ1v) is 7.89. The van der Waals surface area contributed by atoms with Gasteiger partial charge in [-0.15, -0.1) is 0 Å². The Kier molecular flexibility index (Phi) is 3.25. The first-order chi connectivity index (χ1) is 11.5. The summed E-state index contributed by atoms with van der Waals surface area (Å²) in [5.74, 6) is 0. The summed E-state index contributed by atoms with van der Waals surface area (Å²) >= 11 is 0. The maximum absolute atomic E-state index is 6.19. The highest BCUT2D eigenvalue weighted by atomic mass is 15.1. The first-order valence-electron chi connectivity index (χ1n) is 7.89. The van der Waals surface area contributed by atoms with Crippen LogP contribution < -0.4 is 5.73 Å². The Morgan fingerprint density at radius 3 is 2.38 bits per heavy atom. The second kappa shape index (κ2) is 5.32. The number of hydrogen-bond acceptors (Lipinski definition) is 3. The molecule has 5 heteroatoms. The number of nitrogens with two attached hydrogens (primary N) is 1. The topological polar surface area (TPSA) is 83.4 Å². The summed E-state index contributed by atoms with van der Waals surface area (Å²) in [7, 11) is 0. The number of aromatic amines is 2. The maximum Gasteiger partial charge on any atom is 0.0657 e. The normalized spacial score (nSPS) is 12.0. The summed E-state index contributed by atoms with van der Waals surface area (Å²) in [4.78, 5) is 0. The summed E-state index contributed by atoms with van der Waals surface area (Å²) in [6.45, 7) is 4.02. The quantitative estimate of drug-likeness (QED) is 0.537. The fourth-order valence-electron chi connectivity index (χ4n) is 3.04. The van der Waals surface area contributed by atoms with E-state index in [-0.39, 0.29) is 5.54 Å². The van der Waals surface area contributed by atoms with Gasteiger partial charge in [-0.3, -0.25) is 10.2 Å². The van der Waals surface area contributed by atoms with Gasteiger partial charge < -0.3 is 5.73 Å². The van der Waals surface area contributed by atoms with Crippen LogP contribution in [0.3, 0.4) is 0 Å². The van der Waals surface area contributed by atoms with Gasteiger partial charge in [-0.05, 0) is 36.6 Å². The second-order valence-corrected chi connectivity index (χ2v) is 6.61. The predicted octanol–water partition coefficient (Wildman–Crippen LogP) is 3.81. The molecule has 2 aromatic carbocycles. The Bertz CT molecular complexity index is 973. The molecule has 5 nitrogen and oxygen atoms in total. The van der Waals surface area contributed by atoms with Crippen LogP contribution in [0.25, 0.3) is 33.2 Å². The summed E-state index contributed by atoms with van der Waals surface area (Å²) < 4.78 is 0. The molecular weight excluding hydrogens is 298 g/mol. The smallest absolute Gasteiger partial charge is 0.0657 e. The summed E-state index contributed by atoms with van der Waals surface area (Å²) in [5.41, 5.74) is 12.4. The van der Waals surface area contributed by atoms with E-state index >= 15 is 0 Å². The molecule has 0 amide bonds. The van der Waals surface area contributed by atoms with Gasteiger partial charge in [0, 0.05) is 28.2 Å². The van der Waals surface area contributed by atoms with Crippen LogP contribution in [0.2, 0.25) is 0 Å². The number of hydrogen-bond donors (Lipinski definition) is 3. The van der Waals surface area contributed by atoms with E-state index in [1.165, 1.54) is 0 Å². The highest BCUT2D eigenvalue weighted by Gasteiger charge is 2.16. The molecule has 0 radical (unpaired) electrons. The van der Waals surface area contributed by atoms with Gasteiger partial charge in [0.1, 0.15) is 0 Å². The van der Waals surface area contributed by atoms with Crippen molar-refractivity contribution in [3.8, 4) is 22.3 Å². The van der Waals surface area contributed by atoms with Crippen molar-refractivity contribution in [1.29, 1.82) is 0 Å². The molecule has 0 saturated heterocycles. The molecule has 0 spiro atoms. The van der Waals surface area contributed by atoms with Gasteiger partial charge in [-0.1, -0.05) is 30.3 Å². The molecule has 4 rings (SSSR count). The van der Waals surface area contributed by atoms with Crippen LogP contribution in [0.15, 0.2) is 55.0 Å². The van der Waals surface area contributed by atoms with Crippen LogP contribution in [-0.2, 0) is 5.54 Å². The lowest BCUT2D eigenvalue weighted by molar-refractivity contribution is 0.554. The van der Waals surface area contributed by atoms with Crippen molar-refractivity contribution in [2.24, 2.45) is 5.73 Å². The van der Waals surface area contributed by atoms with Crippen LogP contribution in [0, 0.1) is 0 Å². The van der Waals surface area contributed by atoms with Crippen molar-refractivity contribution in [3.63, 3.8) is 0 Å². The van der Waals surface area contributed by atoms with Gasteiger partial charge >= 0.3 is 0 Å². The van der Waals surface area contributed by atoms with Crippen molar-refractivity contribution >= 4 is 10.9 Å². The minimum Gasteiger partial charge on any atom is -0.322 e. The third-order valence-electron chi connectivity index (χ3n) is 4.35. The molecule has 0 aliphatic heterocycles. The van der Waals surface area contributed by atoms with Gasteiger partial charge in [0.25, 0.3) is 0 Å². The van der Waals surface area contributed by atoms with E-state index in [0.717, 1.165) is 38.7 Å². The average molecular weight is 317 g/mol. The molecule has 120 valence electrons. The molecular formula is C19H19N5.